The summed E-state index contributed by atoms with van der Waals surface area (Å²) >= 11 is 0. The van der Waals surface area contributed by atoms with Crippen molar-refractivity contribution >= 4 is 43.4 Å². The van der Waals surface area contributed by atoms with E-state index in [1.807, 2.05) is 121 Å². The van der Waals surface area contributed by atoms with Gasteiger partial charge in [0, 0.05) is 22.4 Å². The number of fused-ring (bicyclic) bond motifs is 5. The van der Waals surface area contributed by atoms with Crippen molar-refractivity contribution in [2.24, 2.45) is 0 Å². The van der Waals surface area contributed by atoms with Crippen molar-refractivity contribution in [2.45, 2.75) is 5.92 Å². The largest absolute Gasteiger partial charge is 0.309 e. The first-order valence-electron chi connectivity index (χ1n) is 23.5. The highest BCUT2D eigenvalue weighted by molar-refractivity contribution is 6.09. The lowest BCUT2D eigenvalue weighted by molar-refractivity contribution is 0.978. The number of aromatic nitrogens is 1. The zero-order valence-electron chi connectivity index (χ0n) is 39.3. The molecule has 0 atom stereocenters. The first-order valence-corrected chi connectivity index (χ1v) is 19.5. The molecule has 0 aliphatic rings. The Hall–Kier alpha value is -7.48. The van der Waals surface area contributed by atoms with Gasteiger partial charge >= 0.3 is 0 Å². The Bertz CT molecular complexity index is 3490. The summed E-state index contributed by atoms with van der Waals surface area (Å²) in [5.74, 6) is -1.22. The van der Waals surface area contributed by atoms with Crippen molar-refractivity contribution in [2.75, 3.05) is 0 Å². The number of hydrogen-bond donors (Lipinski definition) is 0. The van der Waals surface area contributed by atoms with Gasteiger partial charge in [0.05, 0.1) is 22.0 Å². The van der Waals surface area contributed by atoms with Gasteiger partial charge < -0.3 is 4.57 Å². The zero-order valence-corrected chi connectivity index (χ0v) is 31.3. The average Bonchev–Trinajstić information content (AvgIpc) is 3.69. The summed E-state index contributed by atoms with van der Waals surface area (Å²) in [6.07, 6.45) is 0. The van der Waals surface area contributed by atoms with Crippen molar-refractivity contribution in [3.63, 3.8) is 0 Å². The van der Waals surface area contributed by atoms with Crippen LogP contribution in [0.25, 0.3) is 82.4 Å². The van der Waals surface area contributed by atoms with Crippen LogP contribution in [0.4, 0.5) is 0 Å². The maximum Gasteiger partial charge on any atom is 0.0629 e. The van der Waals surface area contributed by atoms with E-state index in [2.05, 4.69) is 53.1 Å². The standard InChI is InChI=1S/C57H39N/c1-3-18-49-40(12-1)14-10-22-51(49)42-28-34-45(35-29-42)57(46-36-30-43(31-37-46)52-23-11-15-41-13-2-4-19-50(41)52)44-32-26-39(27-33-44)47-16-9-17-48(38-47)58-55-24-7-5-20-53(55)54-21-6-8-25-56(54)58/h1-38,57H/i28D,29D,30D,31D,34D,35D,36D,37D. The van der Waals surface area contributed by atoms with Crippen molar-refractivity contribution in [3.05, 3.63) is 247 Å². The fourth-order valence-electron chi connectivity index (χ4n) is 8.46. The SMILES string of the molecule is [2H]c1c([2H])c(C(c2ccc(-c3cccc(-n4c5ccccc5c5ccccc54)c3)cc2)c2c([2H])c([2H])c(-c3cccc4ccccc34)c([2H])c2[2H])c([2H])c([2H])c1-c1cccc2ccccc12. The lowest BCUT2D eigenvalue weighted by Gasteiger charge is -2.21. The second-order valence-electron chi connectivity index (χ2n) is 14.6. The predicted octanol–water partition coefficient (Wildman–Crippen LogP) is 15.3. The van der Waals surface area contributed by atoms with E-state index >= 15 is 0 Å². The van der Waals surface area contributed by atoms with E-state index in [0.29, 0.717) is 16.7 Å². The molecule has 0 aliphatic heterocycles. The van der Waals surface area contributed by atoms with Crippen LogP contribution in [0.5, 0.6) is 0 Å². The Morgan fingerprint density at radius 2 is 0.776 bits per heavy atom. The fraction of sp³-hybridized carbons (Fsp3) is 0.0175. The molecule has 1 aromatic heterocycles. The summed E-state index contributed by atoms with van der Waals surface area (Å²) in [7, 11) is 0. The molecule has 0 spiro atoms. The molecular weight excluding hydrogens is 699 g/mol. The molecule has 0 unspecified atom stereocenters. The van der Waals surface area contributed by atoms with Crippen LogP contribution in [0.15, 0.2) is 230 Å². The Morgan fingerprint density at radius 1 is 0.328 bits per heavy atom. The molecule has 11 aromatic rings. The Balaban J connectivity index is 1.10. The van der Waals surface area contributed by atoms with Crippen LogP contribution in [-0.4, -0.2) is 4.57 Å². The van der Waals surface area contributed by atoms with Gasteiger partial charge in [-0.05, 0) is 95.9 Å². The van der Waals surface area contributed by atoms with Gasteiger partial charge in [-0.1, -0.05) is 206 Å². The molecule has 10 aromatic carbocycles. The quantitative estimate of drug-likeness (QED) is 0.143. The zero-order chi connectivity index (χ0) is 45.4. The molecule has 0 radical (unpaired) electrons. The van der Waals surface area contributed by atoms with E-state index < -0.39 is 5.92 Å². The molecule has 0 fully saturated rings. The van der Waals surface area contributed by atoms with Crippen LogP contribution in [-0.2, 0) is 0 Å². The summed E-state index contributed by atoms with van der Waals surface area (Å²) in [4.78, 5) is 0. The summed E-state index contributed by atoms with van der Waals surface area (Å²) in [5, 5.41) is 5.67. The van der Waals surface area contributed by atoms with Crippen LogP contribution in [0.2, 0.25) is 0 Å². The second kappa shape index (κ2) is 14.2. The summed E-state index contributed by atoms with van der Waals surface area (Å²) in [6.45, 7) is 0. The maximum absolute atomic E-state index is 9.65. The number of para-hydroxylation sites is 2. The molecule has 0 saturated heterocycles. The Labute approximate surface area is 350 Å². The molecular formula is C57H39N. The summed E-state index contributed by atoms with van der Waals surface area (Å²) in [5.41, 5.74) is 6.81. The van der Waals surface area contributed by atoms with E-state index in [-0.39, 0.29) is 70.6 Å². The molecule has 0 bridgehead atoms. The average molecular weight is 746 g/mol. The van der Waals surface area contributed by atoms with Crippen molar-refractivity contribution in [1.29, 1.82) is 0 Å². The van der Waals surface area contributed by atoms with E-state index in [9.17, 15) is 11.0 Å². The Kier molecular flexibility index (Phi) is 6.47. The monoisotopic (exact) mass is 745 g/mol. The Morgan fingerprint density at radius 3 is 1.31 bits per heavy atom. The molecule has 0 amide bonds. The van der Waals surface area contributed by atoms with E-state index in [4.69, 9.17) is 0 Å². The first kappa shape index (κ1) is 26.4. The molecule has 1 heteroatoms. The molecule has 0 N–H and O–H groups in total. The third-order valence-electron chi connectivity index (χ3n) is 11.2. The number of nitrogens with zero attached hydrogens (tertiary/aromatic N) is 1. The normalized spacial score (nSPS) is 13.5. The number of hydrogen-bond acceptors (Lipinski definition) is 0. The van der Waals surface area contributed by atoms with E-state index in [0.717, 1.165) is 60.2 Å². The highest BCUT2D eigenvalue weighted by Gasteiger charge is 2.19. The molecule has 0 saturated carbocycles. The van der Waals surface area contributed by atoms with Gasteiger partial charge in [0.25, 0.3) is 0 Å². The van der Waals surface area contributed by atoms with E-state index in [1.54, 1.807) is 12.1 Å². The molecule has 58 heavy (non-hydrogen) atoms. The smallest absolute Gasteiger partial charge is 0.0629 e. The predicted molar refractivity (Wildman–Crippen MR) is 246 cm³/mol. The van der Waals surface area contributed by atoms with Gasteiger partial charge in [-0.15, -0.1) is 0 Å². The highest BCUT2D eigenvalue weighted by Crippen LogP contribution is 2.38. The van der Waals surface area contributed by atoms with Crippen LogP contribution in [0.1, 0.15) is 33.6 Å². The second-order valence-corrected chi connectivity index (χ2v) is 14.6. The van der Waals surface area contributed by atoms with Gasteiger partial charge in [-0.3, -0.25) is 0 Å². The fourth-order valence-corrected chi connectivity index (χ4v) is 8.46. The van der Waals surface area contributed by atoms with Crippen molar-refractivity contribution in [1.82, 2.24) is 4.57 Å². The van der Waals surface area contributed by atoms with Gasteiger partial charge in [-0.25, -0.2) is 0 Å². The van der Waals surface area contributed by atoms with Gasteiger partial charge in [0.1, 0.15) is 0 Å². The van der Waals surface area contributed by atoms with Crippen LogP contribution in [0.3, 0.4) is 0 Å². The molecule has 1 nitrogen and oxygen atoms in total. The molecule has 1 heterocycles. The molecule has 11 rings (SSSR count). The van der Waals surface area contributed by atoms with Crippen LogP contribution >= 0.6 is 0 Å². The lowest BCUT2D eigenvalue weighted by atomic mass is 9.83. The number of benzene rings is 10. The minimum absolute atomic E-state index is 0.0335. The van der Waals surface area contributed by atoms with E-state index in [1.165, 1.54) is 0 Å². The maximum atomic E-state index is 9.65. The molecule has 0 aliphatic carbocycles. The summed E-state index contributed by atoms with van der Waals surface area (Å²) < 4.78 is 78.8. The summed E-state index contributed by atoms with van der Waals surface area (Å²) in [6, 6.07) is 56.6. The van der Waals surface area contributed by atoms with Crippen molar-refractivity contribution in [3.8, 4) is 39.1 Å². The van der Waals surface area contributed by atoms with Crippen LogP contribution < -0.4 is 0 Å². The third-order valence-corrected chi connectivity index (χ3v) is 11.2. The lowest BCUT2D eigenvalue weighted by Crippen LogP contribution is -2.03. The van der Waals surface area contributed by atoms with Crippen LogP contribution in [0, 0.1) is 0 Å². The first-order chi connectivity index (χ1) is 32.1. The van der Waals surface area contributed by atoms with Crippen molar-refractivity contribution < 1.29 is 11.0 Å². The minimum Gasteiger partial charge on any atom is -0.309 e. The topological polar surface area (TPSA) is 4.93 Å². The van der Waals surface area contributed by atoms with Gasteiger partial charge in [-0.2, -0.15) is 0 Å². The third kappa shape index (κ3) is 5.88. The van der Waals surface area contributed by atoms with Gasteiger partial charge in [0.15, 0.2) is 0 Å². The molecule has 272 valence electrons. The number of rotatable bonds is 7. The van der Waals surface area contributed by atoms with Gasteiger partial charge in [0.2, 0.25) is 0 Å². The highest BCUT2D eigenvalue weighted by atomic mass is 15.0. The minimum atomic E-state index is -1.22.